The third-order valence-corrected chi connectivity index (χ3v) is 3.85. The zero-order valence-electron chi connectivity index (χ0n) is 8.83. The van der Waals surface area contributed by atoms with Gasteiger partial charge in [0.1, 0.15) is 0 Å². The lowest BCUT2D eigenvalue weighted by Gasteiger charge is -2.35. The molecule has 3 N–H and O–H groups in total. The Kier molecular flexibility index (Phi) is 2.77. The summed E-state index contributed by atoms with van der Waals surface area (Å²) >= 11 is 0. The lowest BCUT2D eigenvalue weighted by molar-refractivity contribution is -0.127. The Balaban J connectivity index is 1.82. The van der Waals surface area contributed by atoms with Gasteiger partial charge in [0.05, 0.1) is 5.92 Å². The maximum absolute atomic E-state index is 11.8. The van der Waals surface area contributed by atoms with Crippen LogP contribution in [0.3, 0.4) is 0 Å². The minimum atomic E-state index is 0.0859. The third kappa shape index (κ3) is 1.78. The molecule has 2 saturated carbocycles. The monoisotopic (exact) mass is 196 g/mol. The van der Waals surface area contributed by atoms with Crippen molar-refractivity contribution in [2.24, 2.45) is 17.6 Å². The molecule has 0 aromatic rings. The Hall–Kier alpha value is -0.570. The molecule has 3 heteroatoms. The second-order valence-electron chi connectivity index (χ2n) is 4.87. The molecule has 0 aromatic heterocycles. The zero-order valence-corrected chi connectivity index (χ0v) is 8.83. The van der Waals surface area contributed by atoms with Crippen LogP contribution in [-0.2, 0) is 4.79 Å². The highest BCUT2D eigenvalue weighted by Gasteiger charge is 2.34. The first kappa shape index (κ1) is 9.97. The van der Waals surface area contributed by atoms with Crippen LogP contribution in [0.4, 0.5) is 0 Å². The molecule has 0 radical (unpaired) electrons. The Labute approximate surface area is 85.4 Å². The highest BCUT2D eigenvalue weighted by atomic mass is 16.2. The minimum Gasteiger partial charge on any atom is -0.353 e. The summed E-state index contributed by atoms with van der Waals surface area (Å²) in [6.07, 6.45) is 5.50. The van der Waals surface area contributed by atoms with Gasteiger partial charge in [-0.1, -0.05) is 13.3 Å². The third-order valence-electron chi connectivity index (χ3n) is 3.85. The summed E-state index contributed by atoms with van der Waals surface area (Å²) in [7, 11) is 0. The fraction of sp³-hybridized carbons (Fsp3) is 0.909. The van der Waals surface area contributed by atoms with Crippen molar-refractivity contribution in [3.05, 3.63) is 0 Å². The molecule has 1 amide bonds. The van der Waals surface area contributed by atoms with Crippen LogP contribution >= 0.6 is 0 Å². The number of hydrogen-bond acceptors (Lipinski definition) is 2. The maximum atomic E-state index is 11.8. The normalized spacial score (nSPS) is 41.9. The molecule has 2 fully saturated rings. The van der Waals surface area contributed by atoms with Crippen molar-refractivity contribution in [1.29, 1.82) is 0 Å². The van der Waals surface area contributed by atoms with Gasteiger partial charge in [0, 0.05) is 12.1 Å². The van der Waals surface area contributed by atoms with Crippen LogP contribution in [0.2, 0.25) is 0 Å². The molecular weight excluding hydrogens is 176 g/mol. The van der Waals surface area contributed by atoms with E-state index >= 15 is 0 Å². The van der Waals surface area contributed by atoms with Crippen LogP contribution < -0.4 is 11.1 Å². The molecule has 0 spiro atoms. The molecule has 3 nitrogen and oxygen atoms in total. The summed E-state index contributed by atoms with van der Waals surface area (Å²) in [6, 6.07) is 0.528. The van der Waals surface area contributed by atoms with Crippen LogP contribution in [0, 0.1) is 11.8 Å². The van der Waals surface area contributed by atoms with Gasteiger partial charge in [-0.05, 0) is 31.6 Å². The highest BCUT2D eigenvalue weighted by Crippen LogP contribution is 2.29. The van der Waals surface area contributed by atoms with E-state index in [1.54, 1.807) is 0 Å². The molecule has 4 atom stereocenters. The Morgan fingerprint density at radius 3 is 2.50 bits per heavy atom. The standard InChI is InChI=1S/C11H20N2O/c1-7-5-6-10(7)13-11(14)8-3-2-4-9(8)12/h7-10H,2-6,12H2,1H3,(H,13,14). The van der Waals surface area contributed by atoms with E-state index < -0.39 is 0 Å². The van der Waals surface area contributed by atoms with Gasteiger partial charge in [-0.25, -0.2) is 0 Å². The van der Waals surface area contributed by atoms with Gasteiger partial charge >= 0.3 is 0 Å². The molecule has 4 unspecified atom stereocenters. The van der Waals surface area contributed by atoms with E-state index in [1.165, 1.54) is 6.42 Å². The van der Waals surface area contributed by atoms with Crippen LogP contribution in [0.25, 0.3) is 0 Å². The summed E-state index contributed by atoms with van der Waals surface area (Å²) in [6.45, 7) is 2.20. The summed E-state index contributed by atoms with van der Waals surface area (Å²) < 4.78 is 0. The van der Waals surface area contributed by atoms with E-state index in [1.807, 2.05) is 0 Å². The lowest BCUT2D eigenvalue weighted by Crippen LogP contribution is -2.49. The molecule has 2 aliphatic carbocycles. The average molecular weight is 196 g/mol. The van der Waals surface area contributed by atoms with Crippen molar-refractivity contribution in [1.82, 2.24) is 5.32 Å². The number of nitrogens with two attached hydrogens (primary N) is 1. The Bertz CT molecular complexity index is 229. The number of nitrogens with one attached hydrogen (secondary N) is 1. The smallest absolute Gasteiger partial charge is 0.224 e. The second kappa shape index (κ2) is 3.89. The van der Waals surface area contributed by atoms with E-state index in [-0.39, 0.29) is 17.9 Å². The molecule has 80 valence electrons. The predicted molar refractivity (Wildman–Crippen MR) is 55.6 cm³/mol. The van der Waals surface area contributed by atoms with E-state index in [0.29, 0.717) is 12.0 Å². The van der Waals surface area contributed by atoms with Gasteiger partial charge < -0.3 is 11.1 Å². The first-order valence-corrected chi connectivity index (χ1v) is 5.74. The first-order valence-electron chi connectivity index (χ1n) is 5.74. The second-order valence-corrected chi connectivity index (χ2v) is 4.87. The molecule has 14 heavy (non-hydrogen) atoms. The van der Waals surface area contributed by atoms with Gasteiger partial charge in [0.2, 0.25) is 5.91 Å². The van der Waals surface area contributed by atoms with Gasteiger partial charge in [0.25, 0.3) is 0 Å². The topological polar surface area (TPSA) is 55.1 Å². The first-order chi connectivity index (χ1) is 6.68. The van der Waals surface area contributed by atoms with Crippen LogP contribution in [-0.4, -0.2) is 18.0 Å². The van der Waals surface area contributed by atoms with Crippen LogP contribution in [0.15, 0.2) is 0 Å². The largest absolute Gasteiger partial charge is 0.353 e. The number of carbonyl (C=O) groups is 1. The summed E-state index contributed by atoms with van der Waals surface area (Å²) in [4.78, 5) is 11.8. The fourth-order valence-corrected chi connectivity index (χ4v) is 2.49. The van der Waals surface area contributed by atoms with Crippen molar-refractivity contribution < 1.29 is 4.79 Å². The molecular formula is C11H20N2O. The maximum Gasteiger partial charge on any atom is 0.224 e. The quantitative estimate of drug-likeness (QED) is 0.693. The van der Waals surface area contributed by atoms with Crippen molar-refractivity contribution in [3.63, 3.8) is 0 Å². The summed E-state index contributed by atoms with van der Waals surface area (Å²) in [5.74, 6) is 0.950. The fourth-order valence-electron chi connectivity index (χ4n) is 2.49. The lowest BCUT2D eigenvalue weighted by atomic mass is 9.81. The van der Waals surface area contributed by atoms with Crippen LogP contribution in [0.1, 0.15) is 39.0 Å². The number of hydrogen-bond donors (Lipinski definition) is 2. The summed E-state index contributed by atoms with van der Waals surface area (Å²) in [5.41, 5.74) is 5.89. The molecule has 2 rings (SSSR count). The molecule has 0 heterocycles. The zero-order chi connectivity index (χ0) is 10.1. The number of rotatable bonds is 2. The van der Waals surface area contributed by atoms with Gasteiger partial charge in [-0.3, -0.25) is 4.79 Å². The molecule has 0 saturated heterocycles. The average Bonchev–Trinajstić information content (AvgIpc) is 2.58. The molecule has 0 aliphatic heterocycles. The van der Waals surface area contributed by atoms with E-state index in [2.05, 4.69) is 12.2 Å². The highest BCUT2D eigenvalue weighted by molar-refractivity contribution is 5.80. The van der Waals surface area contributed by atoms with Crippen molar-refractivity contribution in [3.8, 4) is 0 Å². The molecule has 0 bridgehead atoms. The number of carbonyl (C=O) groups excluding carboxylic acids is 1. The Morgan fingerprint density at radius 2 is 2.07 bits per heavy atom. The molecule has 0 aromatic carbocycles. The van der Waals surface area contributed by atoms with Crippen molar-refractivity contribution >= 4 is 5.91 Å². The van der Waals surface area contributed by atoms with Gasteiger partial charge in [0.15, 0.2) is 0 Å². The van der Waals surface area contributed by atoms with E-state index in [4.69, 9.17) is 5.73 Å². The predicted octanol–water partition coefficient (Wildman–Crippen LogP) is 1.03. The van der Waals surface area contributed by atoms with Gasteiger partial charge in [-0.15, -0.1) is 0 Å². The van der Waals surface area contributed by atoms with Crippen molar-refractivity contribution in [2.75, 3.05) is 0 Å². The van der Waals surface area contributed by atoms with E-state index in [0.717, 1.165) is 25.7 Å². The van der Waals surface area contributed by atoms with Gasteiger partial charge in [-0.2, -0.15) is 0 Å². The van der Waals surface area contributed by atoms with Crippen molar-refractivity contribution in [2.45, 2.75) is 51.1 Å². The molecule has 2 aliphatic rings. The Morgan fingerprint density at radius 1 is 1.29 bits per heavy atom. The number of amides is 1. The minimum absolute atomic E-state index is 0.0859. The SMILES string of the molecule is CC1CCC1NC(=O)C1CCCC1N. The summed E-state index contributed by atoms with van der Waals surface area (Å²) in [5, 5.41) is 3.12. The van der Waals surface area contributed by atoms with E-state index in [9.17, 15) is 4.79 Å². The van der Waals surface area contributed by atoms with Crippen LogP contribution in [0.5, 0.6) is 0 Å².